The van der Waals surface area contributed by atoms with Crippen LogP contribution in [0.4, 0.5) is 5.69 Å². The molecule has 1 atom stereocenters. The van der Waals surface area contributed by atoms with Crippen LogP contribution in [0.25, 0.3) is 10.8 Å². The van der Waals surface area contributed by atoms with Gasteiger partial charge in [0.25, 0.3) is 5.91 Å². The minimum Gasteiger partial charge on any atom is -0.491 e. The Kier molecular flexibility index (Phi) is 5.67. The Hall–Kier alpha value is -3.05. The Bertz CT molecular complexity index is 1020. The molecule has 0 radical (unpaired) electrons. The van der Waals surface area contributed by atoms with E-state index in [1.807, 2.05) is 61.2 Å². The topological polar surface area (TPSA) is 50.8 Å². The van der Waals surface area contributed by atoms with Crippen LogP contribution in [0.3, 0.4) is 0 Å². The second-order valence-corrected chi connectivity index (χ2v) is 6.93. The van der Waals surface area contributed by atoms with Crippen molar-refractivity contribution in [3.8, 4) is 5.75 Å². The first-order valence-electron chi connectivity index (χ1n) is 10.1. The summed E-state index contributed by atoms with van der Waals surface area (Å²) in [6.45, 7) is 6.21. The SMILES string of the molecule is CCOCCOc1ccc2ccccc2c1C1Nc2ccccc2C(=O)N1CC. The Morgan fingerprint density at radius 1 is 0.966 bits per heavy atom. The summed E-state index contributed by atoms with van der Waals surface area (Å²) in [7, 11) is 0. The first kappa shape index (κ1) is 19.3. The summed E-state index contributed by atoms with van der Waals surface area (Å²) in [6, 6.07) is 19.9. The second kappa shape index (κ2) is 8.53. The molecule has 29 heavy (non-hydrogen) atoms. The van der Waals surface area contributed by atoms with Gasteiger partial charge in [-0.3, -0.25) is 4.79 Å². The Balaban J connectivity index is 1.81. The zero-order valence-electron chi connectivity index (χ0n) is 16.9. The van der Waals surface area contributed by atoms with E-state index in [1.165, 1.54) is 0 Å². The van der Waals surface area contributed by atoms with Gasteiger partial charge in [0.2, 0.25) is 0 Å². The fraction of sp³-hybridized carbons (Fsp3) is 0.292. The van der Waals surface area contributed by atoms with Gasteiger partial charge in [-0.05, 0) is 42.8 Å². The molecule has 1 amide bonds. The molecular weight excluding hydrogens is 364 g/mol. The van der Waals surface area contributed by atoms with Gasteiger partial charge in [0.1, 0.15) is 18.5 Å². The summed E-state index contributed by atoms with van der Waals surface area (Å²) in [5.41, 5.74) is 2.52. The van der Waals surface area contributed by atoms with Crippen molar-refractivity contribution in [1.29, 1.82) is 0 Å². The summed E-state index contributed by atoms with van der Waals surface area (Å²) in [4.78, 5) is 15.1. The Morgan fingerprint density at radius 3 is 2.59 bits per heavy atom. The van der Waals surface area contributed by atoms with Crippen molar-refractivity contribution < 1.29 is 14.3 Å². The number of carbonyl (C=O) groups excluding carboxylic acids is 1. The molecule has 1 heterocycles. The average molecular weight is 390 g/mol. The fourth-order valence-corrected chi connectivity index (χ4v) is 3.89. The van der Waals surface area contributed by atoms with E-state index in [1.54, 1.807) is 0 Å². The lowest BCUT2D eigenvalue weighted by molar-refractivity contribution is 0.0691. The molecule has 5 nitrogen and oxygen atoms in total. The van der Waals surface area contributed by atoms with Gasteiger partial charge in [0.15, 0.2) is 0 Å². The third-order valence-electron chi connectivity index (χ3n) is 5.26. The number of rotatable bonds is 7. The quantitative estimate of drug-likeness (QED) is 0.587. The number of benzene rings is 3. The smallest absolute Gasteiger partial charge is 0.257 e. The van der Waals surface area contributed by atoms with Gasteiger partial charge in [-0.15, -0.1) is 0 Å². The summed E-state index contributed by atoms with van der Waals surface area (Å²) in [6.07, 6.45) is -0.310. The molecule has 0 aromatic heterocycles. The predicted octanol–water partition coefficient (Wildman–Crippen LogP) is 4.84. The number of anilines is 1. The minimum atomic E-state index is -0.310. The van der Waals surface area contributed by atoms with Crippen molar-refractivity contribution in [2.75, 3.05) is 31.7 Å². The van der Waals surface area contributed by atoms with Gasteiger partial charge in [-0.1, -0.05) is 42.5 Å². The highest BCUT2D eigenvalue weighted by Crippen LogP contribution is 2.40. The molecule has 1 N–H and O–H groups in total. The van der Waals surface area contributed by atoms with E-state index in [9.17, 15) is 4.79 Å². The molecule has 150 valence electrons. The molecule has 0 saturated heterocycles. The number of fused-ring (bicyclic) bond motifs is 2. The molecule has 1 aliphatic heterocycles. The molecule has 0 fully saturated rings. The van der Waals surface area contributed by atoms with Crippen molar-refractivity contribution in [2.24, 2.45) is 0 Å². The van der Waals surface area contributed by atoms with Gasteiger partial charge < -0.3 is 19.7 Å². The van der Waals surface area contributed by atoms with Crippen LogP contribution >= 0.6 is 0 Å². The maximum absolute atomic E-state index is 13.2. The summed E-state index contributed by atoms with van der Waals surface area (Å²) in [5, 5.41) is 5.76. The zero-order valence-corrected chi connectivity index (χ0v) is 16.9. The summed E-state index contributed by atoms with van der Waals surface area (Å²) >= 11 is 0. The maximum Gasteiger partial charge on any atom is 0.257 e. The maximum atomic E-state index is 13.2. The molecule has 1 unspecified atom stereocenters. The Morgan fingerprint density at radius 2 is 1.76 bits per heavy atom. The largest absolute Gasteiger partial charge is 0.491 e. The number of para-hydroxylation sites is 1. The lowest BCUT2D eigenvalue weighted by Crippen LogP contribution is -2.43. The van der Waals surface area contributed by atoms with E-state index in [0.717, 1.165) is 27.8 Å². The lowest BCUT2D eigenvalue weighted by Gasteiger charge is -2.38. The van der Waals surface area contributed by atoms with Crippen LogP contribution in [-0.2, 0) is 4.74 Å². The highest BCUT2D eigenvalue weighted by molar-refractivity contribution is 6.02. The average Bonchev–Trinajstić information content (AvgIpc) is 2.76. The van der Waals surface area contributed by atoms with Crippen molar-refractivity contribution in [2.45, 2.75) is 20.0 Å². The van der Waals surface area contributed by atoms with Crippen LogP contribution < -0.4 is 10.1 Å². The van der Waals surface area contributed by atoms with Crippen molar-refractivity contribution >= 4 is 22.4 Å². The van der Waals surface area contributed by atoms with Gasteiger partial charge in [0.05, 0.1) is 12.2 Å². The predicted molar refractivity (Wildman–Crippen MR) is 115 cm³/mol. The molecule has 1 aliphatic rings. The van der Waals surface area contributed by atoms with Crippen LogP contribution in [0.2, 0.25) is 0 Å². The van der Waals surface area contributed by atoms with E-state index >= 15 is 0 Å². The van der Waals surface area contributed by atoms with Crippen LogP contribution in [0, 0.1) is 0 Å². The van der Waals surface area contributed by atoms with Crippen LogP contribution in [0.1, 0.15) is 35.9 Å². The zero-order chi connectivity index (χ0) is 20.2. The minimum absolute atomic E-state index is 0.0278. The molecule has 3 aromatic carbocycles. The molecule has 5 heteroatoms. The number of hydrogen-bond acceptors (Lipinski definition) is 4. The number of amides is 1. The van der Waals surface area contributed by atoms with Gasteiger partial charge in [0, 0.05) is 24.4 Å². The molecule has 0 spiro atoms. The fourth-order valence-electron chi connectivity index (χ4n) is 3.89. The molecule has 0 aliphatic carbocycles. The first-order valence-corrected chi connectivity index (χ1v) is 10.1. The molecule has 4 rings (SSSR count). The van der Waals surface area contributed by atoms with Crippen LogP contribution in [-0.4, -0.2) is 37.2 Å². The molecule has 3 aromatic rings. The molecule has 0 saturated carbocycles. The van der Waals surface area contributed by atoms with E-state index in [0.29, 0.717) is 31.9 Å². The van der Waals surface area contributed by atoms with Gasteiger partial charge in [-0.25, -0.2) is 0 Å². The molecule has 0 bridgehead atoms. The number of nitrogens with one attached hydrogen (secondary N) is 1. The monoisotopic (exact) mass is 390 g/mol. The number of hydrogen-bond donors (Lipinski definition) is 1. The first-order chi connectivity index (χ1) is 14.2. The van der Waals surface area contributed by atoms with Crippen molar-refractivity contribution in [1.82, 2.24) is 4.90 Å². The van der Waals surface area contributed by atoms with Gasteiger partial charge >= 0.3 is 0 Å². The third kappa shape index (κ3) is 3.66. The highest BCUT2D eigenvalue weighted by atomic mass is 16.5. The van der Waals surface area contributed by atoms with Crippen LogP contribution in [0.5, 0.6) is 5.75 Å². The second-order valence-electron chi connectivity index (χ2n) is 6.93. The third-order valence-corrected chi connectivity index (χ3v) is 5.26. The number of nitrogens with zero attached hydrogens (tertiary/aromatic N) is 1. The van der Waals surface area contributed by atoms with Gasteiger partial charge in [-0.2, -0.15) is 0 Å². The van der Waals surface area contributed by atoms with Crippen molar-refractivity contribution in [3.63, 3.8) is 0 Å². The number of ether oxygens (including phenoxy) is 2. The normalized spacial score (nSPS) is 15.9. The summed E-state index contributed by atoms with van der Waals surface area (Å²) in [5.74, 6) is 0.798. The number of carbonyl (C=O) groups is 1. The Labute approximate surface area is 171 Å². The molecular formula is C24H26N2O3. The van der Waals surface area contributed by atoms with Crippen molar-refractivity contribution in [3.05, 3.63) is 71.8 Å². The standard InChI is InChI=1S/C24H26N2O3/c1-3-26-23(25-20-12-8-7-11-19(20)24(26)27)22-18-10-6-5-9-17(18)13-14-21(22)29-16-15-28-4-2/h5-14,23,25H,3-4,15-16H2,1-2H3. The van der Waals surface area contributed by atoms with E-state index < -0.39 is 0 Å². The van der Waals surface area contributed by atoms with E-state index in [-0.39, 0.29) is 12.1 Å². The lowest BCUT2D eigenvalue weighted by atomic mass is 9.97. The van der Waals surface area contributed by atoms with E-state index in [2.05, 4.69) is 23.5 Å². The van der Waals surface area contributed by atoms with E-state index in [4.69, 9.17) is 9.47 Å². The summed E-state index contributed by atoms with van der Waals surface area (Å²) < 4.78 is 11.5. The highest BCUT2D eigenvalue weighted by Gasteiger charge is 2.34. The van der Waals surface area contributed by atoms with Crippen LogP contribution in [0.15, 0.2) is 60.7 Å².